The van der Waals surface area contributed by atoms with E-state index in [2.05, 4.69) is 28.1 Å². The number of likely N-dealkylation sites (N-methyl/N-ethyl adjacent to an activating group) is 1. The first-order chi connectivity index (χ1) is 20.9. The minimum Gasteiger partial charge on any atom is -0.493 e. The molecule has 4 rings (SSSR count). The molecule has 1 aromatic carbocycles. The Morgan fingerprint density at radius 3 is 2.50 bits per heavy atom. The highest BCUT2D eigenvalue weighted by molar-refractivity contribution is 5.79. The van der Waals surface area contributed by atoms with Crippen LogP contribution in [-0.4, -0.2) is 148 Å². The van der Waals surface area contributed by atoms with E-state index in [1.165, 1.54) is 0 Å². The van der Waals surface area contributed by atoms with Gasteiger partial charge in [-0.3, -0.25) is 14.5 Å². The molecule has 0 saturated carbocycles. The third-order valence-corrected chi connectivity index (χ3v) is 9.12. The summed E-state index contributed by atoms with van der Waals surface area (Å²) in [6.07, 6.45) is 4.32. The van der Waals surface area contributed by atoms with E-state index in [1.807, 2.05) is 21.9 Å². The Morgan fingerprint density at radius 2 is 1.86 bits per heavy atom. The summed E-state index contributed by atoms with van der Waals surface area (Å²) >= 11 is 0. The molecule has 0 radical (unpaired) electrons. The van der Waals surface area contributed by atoms with Gasteiger partial charge >= 0.3 is 12.0 Å². The number of amides is 3. The fraction of sp³-hybridized carbons (Fsp3) is 0.719. The molecule has 3 aliphatic heterocycles. The van der Waals surface area contributed by atoms with E-state index in [1.54, 1.807) is 24.0 Å². The summed E-state index contributed by atoms with van der Waals surface area (Å²) in [5.74, 6) is -0.539. The summed E-state index contributed by atoms with van der Waals surface area (Å²) in [6.45, 7) is 6.84. The second-order valence-electron chi connectivity index (χ2n) is 13.4. The number of likely N-dealkylation sites (tertiary alicyclic amines) is 1. The lowest BCUT2D eigenvalue weighted by Gasteiger charge is -2.31. The highest BCUT2D eigenvalue weighted by atomic mass is 16.7. The molecule has 2 fully saturated rings. The van der Waals surface area contributed by atoms with Gasteiger partial charge in [0.25, 0.3) is 0 Å². The Bertz CT molecular complexity index is 1170. The number of carboxylic acids is 1. The Kier molecular flexibility index (Phi) is 11.2. The number of hydrogen-bond donors (Lipinski definition) is 1. The number of carboxylic acid groups (broad SMARTS) is 1. The van der Waals surface area contributed by atoms with Gasteiger partial charge in [-0.1, -0.05) is 13.3 Å². The number of aliphatic carboxylic acids is 1. The Labute approximate surface area is 262 Å². The molecule has 3 aliphatic rings. The normalized spacial score (nSPS) is 21.8. The molecule has 1 N–H and O–H groups in total. The molecule has 1 aromatic rings. The Hall–Kier alpha value is -3.25. The molecule has 44 heavy (non-hydrogen) atoms. The zero-order valence-electron chi connectivity index (χ0n) is 27.4. The minimum absolute atomic E-state index is 0.0266. The second-order valence-corrected chi connectivity index (χ2v) is 13.4. The molecule has 0 bridgehead atoms. The molecule has 12 nitrogen and oxygen atoms in total. The Balaban J connectivity index is 1.58. The van der Waals surface area contributed by atoms with Gasteiger partial charge < -0.3 is 38.5 Å². The zero-order valence-corrected chi connectivity index (χ0v) is 27.4. The molecule has 2 saturated heterocycles. The van der Waals surface area contributed by atoms with Crippen molar-refractivity contribution in [1.82, 2.24) is 19.6 Å². The molecule has 3 atom stereocenters. The maximum Gasteiger partial charge on any atom is 0.319 e. The molecule has 3 amide bonds. The number of hydrogen-bond acceptors (Lipinski definition) is 7. The van der Waals surface area contributed by atoms with Gasteiger partial charge in [-0.05, 0) is 43.4 Å². The van der Waals surface area contributed by atoms with E-state index in [-0.39, 0.29) is 25.3 Å². The molecule has 246 valence electrons. The van der Waals surface area contributed by atoms with Gasteiger partial charge in [-0.15, -0.1) is 0 Å². The van der Waals surface area contributed by atoms with Crippen molar-refractivity contribution in [1.29, 1.82) is 0 Å². The second kappa shape index (κ2) is 14.7. The van der Waals surface area contributed by atoms with Crippen molar-refractivity contribution in [2.24, 2.45) is 5.92 Å². The summed E-state index contributed by atoms with van der Waals surface area (Å²) in [4.78, 5) is 46.9. The topological polar surface area (TPSA) is 112 Å². The summed E-state index contributed by atoms with van der Waals surface area (Å²) in [6, 6.07) is 3.20. The smallest absolute Gasteiger partial charge is 0.319 e. The number of ether oxygens (including phenoxy) is 3. The first kappa shape index (κ1) is 33.6. The minimum atomic E-state index is -0.917. The highest BCUT2D eigenvalue weighted by Gasteiger charge is 2.48. The van der Waals surface area contributed by atoms with Crippen LogP contribution in [0.1, 0.15) is 50.5 Å². The highest BCUT2D eigenvalue weighted by Crippen LogP contribution is 2.47. The van der Waals surface area contributed by atoms with Crippen LogP contribution in [0.2, 0.25) is 0 Å². The number of unbranched alkanes of at least 4 members (excludes halogenated alkanes) is 2. The van der Waals surface area contributed by atoms with Gasteiger partial charge in [0.05, 0.1) is 47.3 Å². The Morgan fingerprint density at radius 1 is 1.11 bits per heavy atom. The molecule has 1 unspecified atom stereocenters. The van der Waals surface area contributed by atoms with E-state index in [9.17, 15) is 19.5 Å². The van der Waals surface area contributed by atoms with Crippen molar-refractivity contribution in [2.75, 3.05) is 94.5 Å². The fourth-order valence-electron chi connectivity index (χ4n) is 6.63. The third kappa shape index (κ3) is 8.06. The molecule has 0 aliphatic carbocycles. The fourth-order valence-corrected chi connectivity index (χ4v) is 6.63. The van der Waals surface area contributed by atoms with E-state index in [0.29, 0.717) is 62.9 Å². The van der Waals surface area contributed by atoms with Crippen molar-refractivity contribution in [2.45, 2.75) is 51.0 Å². The van der Waals surface area contributed by atoms with E-state index in [4.69, 9.17) is 14.2 Å². The summed E-state index contributed by atoms with van der Waals surface area (Å²) in [5, 5.41) is 10.6. The first-order valence-corrected chi connectivity index (χ1v) is 16.0. The predicted octanol–water partition coefficient (Wildman–Crippen LogP) is 2.77. The number of urea groups is 1. The van der Waals surface area contributed by atoms with Crippen LogP contribution >= 0.6 is 0 Å². The van der Waals surface area contributed by atoms with Crippen LogP contribution in [-0.2, 0) is 9.59 Å². The van der Waals surface area contributed by atoms with Crippen molar-refractivity contribution in [3.8, 4) is 17.2 Å². The number of carbonyl (C=O) groups excluding carboxylic acids is 2. The van der Waals surface area contributed by atoms with Crippen LogP contribution in [0, 0.1) is 5.92 Å². The van der Waals surface area contributed by atoms with E-state index >= 15 is 0 Å². The zero-order chi connectivity index (χ0) is 32.0. The average molecular weight is 619 g/mol. The van der Waals surface area contributed by atoms with Crippen LogP contribution in [0.3, 0.4) is 0 Å². The maximum atomic E-state index is 13.9. The summed E-state index contributed by atoms with van der Waals surface area (Å²) in [5.41, 5.74) is 0.776. The van der Waals surface area contributed by atoms with Gasteiger partial charge in [0.15, 0.2) is 11.5 Å². The number of fused-ring (bicyclic) bond motifs is 1. The lowest BCUT2D eigenvalue weighted by atomic mass is 9.84. The number of nitrogens with zero attached hydrogens (tertiary/aromatic N) is 5. The largest absolute Gasteiger partial charge is 0.493 e. The summed E-state index contributed by atoms with van der Waals surface area (Å²) < 4.78 is 17.7. The van der Waals surface area contributed by atoms with Crippen molar-refractivity contribution < 1.29 is 38.2 Å². The standard InChI is InChI=1S/C32H51N5O7/c1-7-8-12-34(13-9-10-17-37(3,4)5)28(38)21-36-20-24(23-18-26(42-6)30-27(19-23)43-22-44-30)29(31(39)40)25(36)11-14-35-16-15-33(2)32(35)41/h18-19,24-25,29H,7-17,20-22H2,1-6H3/p+1/t24-,25+,29?/m1/s1. The van der Waals surface area contributed by atoms with Crippen molar-refractivity contribution >= 4 is 17.9 Å². The van der Waals surface area contributed by atoms with Gasteiger partial charge in [0, 0.05) is 58.3 Å². The molecule has 0 aromatic heterocycles. The average Bonchev–Trinajstić information content (AvgIpc) is 3.68. The number of carbonyl (C=O) groups is 3. The van der Waals surface area contributed by atoms with Crippen LogP contribution in [0.5, 0.6) is 17.2 Å². The van der Waals surface area contributed by atoms with Crippen LogP contribution in [0.15, 0.2) is 12.1 Å². The summed E-state index contributed by atoms with van der Waals surface area (Å²) in [7, 11) is 9.84. The van der Waals surface area contributed by atoms with Crippen LogP contribution < -0.4 is 14.2 Å². The number of benzene rings is 1. The lowest BCUT2D eigenvalue weighted by molar-refractivity contribution is -0.870. The van der Waals surface area contributed by atoms with E-state index in [0.717, 1.165) is 42.3 Å². The molecular formula is C32H52N5O7+. The van der Waals surface area contributed by atoms with Gasteiger partial charge in [-0.25, -0.2) is 4.79 Å². The first-order valence-electron chi connectivity index (χ1n) is 16.0. The van der Waals surface area contributed by atoms with Crippen molar-refractivity contribution in [3.63, 3.8) is 0 Å². The van der Waals surface area contributed by atoms with Gasteiger partial charge in [0.1, 0.15) is 0 Å². The quantitative estimate of drug-likeness (QED) is 0.223. The molecule has 0 spiro atoms. The SMILES string of the molecule is CCCCN(CCCC[N+](C)(C)C)C(=O)CN1C[C@H](c2cc(OC)c3c(c2)OCO3)C(C(=O)O)[C@@H]1CCN1CCN(C)C1=O. The van der Waals surface area contributed by atoms with Crippen molar-refractivity contribution in [3.05, 3.63) is 17.7 Å². The van der Waals surface area contributed by atoms with E-state index < -0.39 is 23.8 Å². The maximum absolute atomic E-state index is 13.9. The molecule has 12 heteroatoms. The number of methoxy groups -OCH3 is 1. The molecule has 3 heterocycles. The molecular weight excluding hydrogens is 566 g/mol. The van der Waals surface area contributed by atoms with Gasteiger partial charge in [0.2, 0.25) is 18.4 Å². The lowest BCUT2D eigenvalue weighted by Crippen LogP contribution is -2.46. The number of rotatable bonds is 16. The van der Waals surface area contributed by atoms with Crippen LogP contribution in [0.4, 0.5) is 4.79 Å². The van der Waals surface area contributed by atoms with Gasteiger partial charge in [-0.2, -0.15) is 0 Å². The number of quaternary nitrogens is 1. The van der Waals surface area contributed by atoms with Crippen LogP contribution in [0.25, 0.3) is 0 Å². The predicted molar refractivity (Wildman–Crippen MR) is 166 cm³/mol. The third-order valence-electron chi connectivity index (χ3n) is 9.12. The monoisotopic (exact) mass is 618 g/mol.